The van der Waals surface area contributed by atoms with Crippen molar-refractivity contribution in [1.29, 1.82) is 0 Å². The van der Waals surface area contributed by atoms with Crippen molar-refractivity contribution in [2.24, 2.45) is 5.84 Å². The molecule has 1 amide bonds. The highest BCUT2D eigenvalue weighted by molar-refractivity contribution is 5.81. The summed E-state index contributed by atoms with van der Waals surface area (Å²) in [5, 5.41) is 2.84. The highest BCUT2D eigenvalue weighted by Gasteiger charge is 2.08. The summed E-state index contributed by atoms with van der Waals surface area (Å²) in [7, 11) is 1.84. The first-order valence-electron chi connectivity index (χ1n) is 5.46. The molecular weight excluding hydrogens is 218 g/mol. The van der Waals surface area contributed by atoms with Gasteiger partial charge in [-0.15, -0.1) is 0 Å². The molecule has 0 radical (unpaired) electrons. The van der Waals surface area contributed by atoms with Gasteiger partial charge in [-0.2, -0.15) is 0 Å². The summed E-state index contributed by atoms with van der Waals surface area (Å²) in [6.07, 6.45) is 1.64. The van der Waals surface area contributed by atoms with Gasteiger partial charge >= 0.3 is 0 Å². The van der Waals surface area contributed by atoms with Crippen LogP contribution in [-0.4, -0.2) is 30.5 Å². The Morgan fingerprint density at radius 3 is 2.88 bits per heavy atom. The topological polar surface area (TPSA) is 83.3 Å². The van der Waals surface area contributed by atoms with Gasteiger partial charge in [-0.05, 0) is 19.9 Å². The lowest BCUT2D eigenvalue weighted by molar-refractivity contribution is -0.120. The molecule has 0 aliphatic heterocycles. The van der Waals surface area contributed by atoms with Crippen LogP contribution in [0.2, 0.25) is 0 Å². The SMILES string of the molecule is CC(C)NC(=O)CN(C)c1ccnc(NN)c1. The van der Waals surface area contributed by atoms with Crippen molar-refractivity contribution in [1.82, 2.24) is 10.3 Å². The number of nitrogens with one attached hydrogen (secondary N) is 2. The van der Waals surface area contributed by atoms with Gasteiger partial charge in [0.15, 0.2) is 0 Å². The number of nitrogen functional groups attached to an aromatic ring is 1. The number of pyridine rings is 1. The van der Waals surface area contributed by atoms with Crippen molar-refractivity contribution in [2.45, 2.75) is 19.9 Å². The van der Waals surface area contributed by atoms with Gasteiger partial charge in [0.25, 0.3) is 0 Å². The van der Waals surface area contributed by atoms with Crippen LogP contribution in [0.4, 0.5) is 11.5 Å². The number of rotatable bonds is 5. The average Bonchev–Trinajstić information content (AvgIpc) is 2.27. The molecule has 4 N–H and O–H groups in total. The smallest absolute Gasteiger partial charge is 0.239 e. The zero-order chi connectivity index (χ0) is 12.8. The molecule has 0 fully saturated rings. The summed E-state index contributed by atoms with van der Waals surface area (Å²) in [5.74, 6) is 5.83. The van der Waals surface area contributed by atoms with Crippen molar-refractivity contribution >= 4 is 17.4 Å². The van der Waals surface area contributed by atoms with E-state index in [1.54, 1.807) is 12.3 Å². The Morgan fingerprint density at radius 2 is 2.29 bits per heavy atom. The third kappa shape index (κ3) is 4.28. The minimum atomic E-state index is -0.0124. The van der Waals surface area contributed by atoms with Crippen LogP contribution in [-0.2, 0) is 4.79 Å². The Kier molecular flexibility index (Phi) is 4.71. The Balaban J connectivity index is 2.62. The first kappa shape index (κ1) is 13.2. The predicted octanol–water partition coefficient (Wildman–Crippen LogP) is 0.328. The molecule has 0 aromatic carbocycles. The van der Waals surface area contributed by atoms with Gasteiger partial charge in [0.2, 0.25) is 5.91 Å². The van der Waals surface area contributed by atoms with Crippen molar-refractivity contribution in [3.8, 4) is 0 Å². The minimum Gasteiger partial charge on any atom is -0.365 e. The lowest BCUT2D eigenvalue weighted by atomic mass is 10.3. The molecule has 0 saturated heterocycles. The van der Waals surface area contributed by atoms with Crippen LogP contribution in [0.3, 0.4) is 0 Å². The number of carbonyl (C=O) groups is 1. The molecule has 1 heterocycles. The number of carbonyl (C=O) groups excluding carboxylic acids is 1. The number of nitrogens with zero attached hydrogens (tertiary/aromatic N) is 2. The van der Waals surface area contributed by atoms with E-state index in [1.165, 1.54) is 0 Å². The first-order valence-corrected chi connectivity index (χ1v) is 5.46. The number of aromatic nitrogens is 1. The molecule has 94 valence electrons. The monoisotopic (exact) mass is 237 g/mol. The molecule has 17 heavy (non-hydrogen) atoms. The maximum absolute atomic E-state index is 11.6. The van der Waals surface area contributed by atoms with Gasteiger partial charge in [-0.3, -0.25) is 4.79 Å². The number of amides is 1. The molecule has 0 aliphatic rings. The molecule has 0 aliphatic carbocycles. The van der Waals surface area contributed by atoms with E-state index < -0.39 is 0 Å². The van der Waals surface area contributed by atoms with Gasteiger partial charge in [-0.25, -0.2) is 10.8 Å². The van der Waals surface area contributed by atoms with E-state index in [4.69, 9.17) is 5.84 Å². The maximum Gasteiger partial charge on any atom is 0.239 e. The zero-order valence-electron chi connectivity index (χ0n) is 10.4. The van der Waals surface area contributed by atoms with Crippen LogP contribution in [0, 0.1) is 0 Å². The van der Waals surface area contributed by atoms with Crippen LogP contribution in [0.1, 0.15) is 13.8 Å². The van der Waals surface area contributed by atoms with Crippen LogP contribution in [0.15, 0.2) is 18.3 Å². The summed E-state index contributed by atoms with van der Waals surface area (Å²) < 4.78 is 0. The summed E-state index contributed by atoms with van der Waals surface area (Å²) in [6.45, 7) is 4.16. The van der Waals surface area contributed by atoms with E-state index in [2.05, 4.69) is 15.7 Å². The fourth-order valence-electron chi connectivity index (χ4n) is 1.41. The third-order valence-electron chi connectivity index (χ3n) is 2.16. The van der Waals surface area contributed by atoms with E-state index in [1.807, 2.05) is 31.9 Å². The number of likely N-dealkylation sites (N-methyl/N-ethyl adjacent to an activating group) is 1. The zero-order valence-corrected chi connectivity index (χ0v) is 10.4. The Bertz CT molecular complexity index is 380. The summed E-state index contributed by atoms with van der Waals surface area (Å²) in [4.78, 5) is 17.4. The van der Waals surface area contributed by atoms with Crippen LogP contribution in [0.5, 0.6) is 0 Å². The molecule has 0 saturated carbocycles. The number of hydrogen-bond acceptors (Lipinski definition) is 5. The third-order valence-corrected chi connectivity index (χ3v) is 2.16. The van der Waals surface area contributed by atoms with Crippen molar-refractivity contribution in [2.75, 3.05) is 23.9 Å². The molecule has 6 heteroatoms. The molecular formula is C11H19N5O. The molecule has 1 rings (SSSR count). The number of hydrazine groups is 1. The van der Waals surface area contributed by atoms with Gasteiger partial charge in [0.05, 0.1) is 6.54 Å². The molecule has 0 bridgehead atoms. The summed E-state index contributed by atoms with van der Waals surface area (Å²) >= 11 is 0. The van der Waals surface area contributed by atoms with Crippen LogP contribution < -0.4 is 21.5 Å². The fourth-order valence-corrected chi connectivity index (χ4v) is 1.41. The van der Waals surface area contributed by atoms with E-state index in [0.29, 0.717) is 12.4 Å². The molecule has 6 nitrogen and oxygen atoms in total. The lowest BCUT2D eigenvalue weighted by Gasteiger charge is -2.20. The number of nitrogens with two attached hydrogens (primary N) is 1. The molecule has 0 spiro atoms. The van der Waals surface area contributed by atoms with Crippen LogP contribution >= 0.6 is 0 Å². The van der Waals surface area contributed by atoms with E-state index >= 15 is 0 Å². The summed E-state index contributed by atoms with van der Waals surface area (Å²) in [6, 6.07) is 3.75. The highest BCUT2D eigenvalue weighted by Crippen LogP contribution is 2.14. The highest BCUT2D eigenvalue weighted by atomic mass is 16.2. The Hall–Kier alpha value is -1.82. The second-order valence-corrected chi connectivity index (χ2v) is 4.12. The second kappa shape index (κ2) is 6.05. The fraction of sp³-hybridized carbons (Fsp3) is 0.455. The summed E-state index contributed by atoms with van der Waals surface area (Å²) in [5.41, 5.74) is 3.35. The molecule has 0 unspecified atom stereocenters. The van der Waals surface area contributed by atoms with E-state index in [9.17, 15) is 4.79 Å². The minimum absolute atomic E-state index is 0.0124. The predicted molar refractivity (Wildman–Crippen MR) is 68.6 cm³/mol. The van der Waals surface area contributed by atoms with Gasteiger partial charge < -0.3 is 15.6 Å². The molecule has 1 aromatic rings. The van der Waals surface area contributed by atoms with Crippen molar-refractivity contribution < 1.29 is 4.79 Å². The molecule has 0 atom stereocenters. The maximum atomic E-state index is 11.6. The van der Waals surface area contributed by atoms with Gasteiger partial charge in [0.1, 0.15) is 5.82 Å². The Labute approximate surface area is 101 Å². The first-order chi connectivity index (χ1) is 8.02. The standard InChI is InChI=1S/C11H19N5O/c1-8(2)14-11(17)7-16(3)9-4-5-13-10(6-9)15-12/h4-6,8H,7,12H2,1-3H3,(H,13,15)(H,14,17). The quantitative estimate of drug-likeness (QED) is 0.507. The molecule has 1 aromatic heterocycles. The number of anilines is 2. The van der Waals surface area contributed by atoms with Crippen molar-refractivity contribution in [3.63, 3.8) is 0 Å². The normalized spacial score (nSPS) is 10.2. The van der Waals surface area contributed by atoms with E-state index in [0.717, 1.165) is 5.69 Å². The largest absolute Gasteiger partial charge is 0.365 e. The average molecular weight is 237 g/mol. The Morgan fingerprint density at radius 1 is 1.59 bits per heavy atom. The lowest BCUT2D eigenvalue weighted by Crippen LogP contribution is -2.38. The number of hydrogen-bond donors (Lipinski definition) is 3. The van der Waals surface area contributed by atoms with Crippen LogP contribution in [0.25, 0.3) is 0 Å². The van der Waals surface area contributed by atoms with E-state index in [-0.39, 0.29) is 11.9 Å². The van der Waals surface area contributed by atoms with Gasteiger partial charge in [0, 0.05) is 31.0 Å². The van der Waals surface area contributed by atoms with Crippen molar-refractivity contribution in [3.05, 3.63) is 18.3 Å². The second-order valence-electron chi connectivity index (χ2n) is 4.12. The van der Waals surface area contributed by atoms with Gasteiger partial charge in [-0.1, -0.05) is 0 Å².